The second-order valence-electron chi connectivity index (χ2n) is 15.5. The van der Waals surface area contributed by atoms with E-state index in [9.17, 15) is 24.0 Å². The molecule has 16 nitrogen and oxygen atoms in total. The van der Waals surface area contributed by atoms with Crippen LogP contribution in [0.1, 0.15) is 76.1 Å². The predicted octanol–water partition coefficient (Wildman–Crippen LogP) is 2.46. The largest absolute Gasteiger partial charge is 0.486 e. The molecule has 4 aliphatic heterocycles. The van der Waals surface area contributed by atoms with Gasteiger partial charge in [0.2, 0.25) is 23.4 Å². The number of nitrogens with zero attached hydrogens (tertiary/aromatic N) is 6. The topological polar surface area (TPSA) is 209 Å². The summed E-state index contributed by atoms with van der Waals surface area (Å²) in [5.41, 5.74) is 9.97. The van der Waals surface area contributed by atoms with Gasteiger partial charge in [0.05, 0.1) is 63.9 Å². The molecule has 2 aromatic carbocycles. The van der Waals surface area contributed by atoms with Crippen LogP contribution in [-0.2, 0) is 26.3 Å². The van der Waals surface area contributed by atoms with Gasteiger partial charge in [0.25, 0.3) is 11.8 Å². The number of likely N-dealkylation sites (tertiary alicyclic amines) is 1. The van der Waals surface area contributed by atoms with E-state index in [1.54, 1.807) is 36.5 Å². The summed E-state index contributed by atoms with van der Waals surface area (Å²) in [5, 5.41) is 13.2. The first-order valence-electron chi connectivity index (χ1n) is 20.4. The molecule has 5 amide bonds. The molecule has 6 heterocycles. The van der Waals surface area contributed by atoms with Gasteiger partial charge < -0.3 is 25.6 Å². The Morgan fingerprint density at radius 2 is 1.71 bits per heavy atom. The predicted molar refractivity (Wildman–Crippen MR) is 237 cm³/mol. The Balaban J connectivity index is 0.783. The second kappa shape index (κ2) is 18.3. The van der Waals surface area contributed by atoms with Crippen molar-refractivity contribution >= 4 is 87.6 Å². The van der Waals surface area contributed by atoms with Gasteiger partial charge in [-0.2, -0.15) is 0 Å². The fraction of sp³-hybridized carbons (Fsp3) is 0.349. The number of carbonyl (C=O) groups excluding carboxylic acids is 5. The molecule has 6 N–H and O–H groups in total. The maximum absolute atomic E-state index is 13.4. The summed E-state index contributed by atoms with van der Waals surface area (Å²) in [6, 6.07) is 13.0. The zero-order valence-electron chi connectivity index (χ0n) is 33.9. The van der Waals surface area contributed by atoms with Gasteiger partial charge in [-0.15, -0.1) is 4.31 Å². The maximum atomic E-state index is 13.4. The number of amides is 5. The van der Waals surface area contributed by atoms with Crippen LogP contribution in [0.4, 0.5) is 17.2 Å². The normalized spacial score (nSPS) is 19.0. The number of carbonyl (C=O) groups is 5. The molecule has 4 aliphatic rings. The van der Waals surface area contributed by atoms with Gasteiger partial charge in [0, 0.05) is 81.0 Å². The molecule has 3 fully saturated rings. The number of benzene rings is 2. The molecule has 2 atom stereocenters. The third-order valence-corrected chi connectivity index (χ3v) is 13.8. The van der Waals surface area contributed by atoms with Crippen molar-refractivity contribution in [2.75, 3.05) is 61.8 Å². The van der Waals surface area contributed by atoms with Crippen LogP contribution in [0.2, 0.25) is 10.0 Å². The van der Waals surface area contributed by atoms with Crippen molar-refractivity contribution in [3.63, 3.8) is 0 Å². The minimum atomic E-state index is -1.06. The summed E-state index contributed by atoms with van der Waals surface area (Å²) in [6.45, 7) is 6.45. The van der Waals surface area contributed by atoms with Crippen LogP contribution >= 0.6 is 23.2 Å². The molecule has 0 bridgehead atoms. The molecule has 0 saturated carbocycles. The third kappa shape index (κ3) is 8.93. The van der Waals surface area contributed by atoms with Crippen molar-refractivity contribution in [2.24, 2.45) is 0 Å². The Morgan fingerprint density at radius 1 is 0.968 bits per heavy atom. The standard InChI is InChI=1S/C43H44Cl2N10O6S/c1-24(38-30(44)21-48-22-31(38)45)61-26-6-7-32(46)29(19-26)40(47)25-5-9-35(50-20-25)52-15-17-54(18-16-52)62-27-11-13-53(14-12-27)37(57)23-49-33-4-2-3-28-39(33)43(60)55(42(28)59)34-8-10-36(56)51-41(34)58/h2-7,9,19-22,24,27,34,47,49H,8,10-18,23,46H2,1H3,(H,51,56,58)/p+2/t24-,34?/m1/s1. The molecule has 19 heteroatoms. The minimum Gasteiger partial charge on any atom is -0.486 e. The third-order valence-electron chi connectivity index (χ3n) is 11.6. The molecule has 322 valence electrons. The van der Waals surface area contributed by atoms with Gasteiger partial charge >= 0.3 is 0 Å². The summed E-state index contributed by atoms with van der Waals surface area (Å²) < 4.78 is 8.62. The van der Waals surface area contributed by atoms with Crippen LogP contribution in [0.5, 0.6) is 5.75 Å². The number of rotatable bonds is 12. The molecule has 3 saturated heterocycles. The smallest absolute Gasteiger partial charge is 0.264 e. The zero-order valence-corrected chi connectivity index (χ0v) is 36.3. The Kier molecular flexibility index (Phi) is 12.7. The second-order valence-corrected chi connectivity index (χ2v) is 17.9. The molecular formula is C43H46Cl2N10O6S+2. The monoisotopic (exact) mass is 900 g/mol. The van der Waals surface area contributed by atoms with Crippen LogP contribution in [0.15, 0.2) is 67.1 Å². The first kappa shape index (κ1) is 42.9. The molecule has 8 rings (SSSR count). The molecule has 2 aromatic heterocycles. The average molecular weight is 902 g/mol. The van der Waals surface area contributed by atoms with Crippen molar-refractivity contribution in [1.82, 2.24) is 29.4 Å². The van der Waals surface area contributed by atoms with E-state index < -0.39 is 35.8 Å². The van der Waals surface area contributed by atoms with Crippen LogP contribution in [0.25, 0.3) is 0 Å². The number of aromatic nitrogens is 2. The Bertz CT molecular complexity index is 2420. The van der Waals surface area contributed by atoms with E-state index in [1.165, 1.54) is 30.4 Å². The number of imide groups is 2. The number of hydrogen-bond acceptors (Lipinski definition) is 12. The maximum Gasteiger partial charge on any atom is 0.264 e. The highest BCUT2D eigenvalue weighted by molar-refractivity contribution is 7.76. The lowest BCUT2D eigenvalue weighted by molar-refractivity contribution is -0.136. The molecule has 4 aromatic rings. The quantitative estimate of drug-likeness (QED) is 0.0532. The fourth-order valence-corrected chi connectivity index (χ4v) is 10.3. The SMILES string of the molecule is C[C@@H](Oc1ccc(N)c(C(=[NH2+])c2ccc(N3CCN([SH+]C4CCN(C(=O)CNc5cccc6c5C(=O)N(C5CCC(=O)NC5=O)C6=O)CC4)CC3)nc2)c1)c1c(Cl)cncc1Cl. The molecule has 0 radical (unpaired) electrons. The van der Waals surface area contributed by atoms with Crippen molar-refractivity contribution in [2.45, 2.75) is 50.0 Å². The molecular weight excluding hydrogens is 856 g/mol. The summed E-state index contributed by atoms with van der Waals surface area (Å²) in [7, 11) is 0. The summed E-state index contributed by atoms with van der Waals surface area (Å²) >= 11 is 13.9. The van der Waals surface area contributed by atoms with Crippen LogP contribution in [0.3, 0.4) is 0 Å². The first-order chi connectivity index (χ1) is 29.9. The van der Waals surface area contributed by atoms with Crippen molar-refractivity contribution < 1.29 is 34.1 Å². The molecule has 1 unspecified atom stereocenters. The van der Waals surface area contributed by atoms with E-state index >= 15 is 0 Å². The lowest BCUT2D eigenvalue weighted by atomic mass is 10.0. The lowest BCUT2D eigenvalue weighted by Gasteiger charge is -2.34. The lowest BCUT2D eigenvalue weighted by Crippen LogP contribution is -2.54. The number of ether oxygens (including phenoxy) is 1. The number of halogens is 2. The van der Waals surface area contributed by atoms with Crippen molar-refractivity contribution in [3.05, 3.63) is 105 Å². The van der Waals surface area contributed by atoms with E-state index in [-0.39, 0.29) is 36.4 Å². The number of fused-ring (bicyclic) bond motifs is 1. The number of nitrogens with one attached hydrogen (secondary N) is 2. The number of nitrogen functional groups attached to an aromatic ring is 1. The van der Waals surface area contributed by atoms with Gasteiger partial charge in [-0.1, -0.05) is 29.3 Å². The highest BCUT2D eigenvalue weighted by Gasteiger charge is 2.45. The number of thiol groups is 1. The van der Waals surface area contributed by atoms with Gasteiger partial charge in [-0.25, -0.2) is 4.98 Å². The number of anilines is 3. The number of piperazine rings is 1. The van der Waals surface area contributed by atoms with E-state index in [1.807, 2.05) is 24.0 Å². The van der Waals surface area contributed by atoms with Crippen LogP contribution in [-0.4, -0.2) is 116 Å². The first-order valence-corrected chi connectivity index (χ1v) is 22.0. The molecule has 0 spiro atoms. The Hall–Kier alpha value is -5.75. The molecule has 62 heavy (non-hydrogen) atoms. The zero-order chi connectivity index (χ0) is 43.7. The van der Waals surface area contributed by atoms with Gasteiger partial charge in [0.1, 0.15) is 29.0 Å². The minimum absolute atomic E-state index is 0.0370. The van der Waals surface area contributed by atoms with Crippen LogP contribution in [0, 0.1) is 0 Å². The highest BCUT2D eigenvalue weighted by atomic mass is 35.5. The van der Waals surface area contributed by atoms with Gasteiger partial charge in [-0.3, -0.25) is 44.6 Å². The number of piperidine rings is 2. The van der Waals surface area contributed by atoms with E-state index in [2.05, 4.69) is 24.8 Å². The van der Waals surface area contributed by atoms with Crippen molar-refractivity contribution in [3.8, 4) is 5.75 Å². The summed E-state index contributed by atoms with van der Waals surface area (Å²) in [4.78, 5) is 77.8. The Labute approximate surface area is 372 Å². The average Bonchev–Trinajstić information content (AvgIpc) is 3.52. The van der Waals surface area contributed by atoms with Crippen molar-refractivity contribution in [1.29, 1.82) is 0 Å². The Morgan fingerprint density at radius 3 is 2.40 bits per heavy atom. The van der Waals surface area contributed by atoms with Gasteiger partial charge in [0.15, 0.2) is 0 Å². The van der Waals surface area contributed by atoms with Crippen LogP contribution < -0.4 is 31.4 Å². The highest BCUT2D eigenvalue weighted by Crippen LogP contribution is 2.35. The van der Waals surface area contributed by atoms with Gasteiger partial charge in [-0.05, 0) is 55.8 Å². The molecule has 0 aliphatic carbocycles. The van der Waals surface area contributed by atoms with E-state index in [0.29, 0.717) is 62.3 Å². The number of hydrogen-bond donors (Lipinski definition) is 4. The fourth-order valence-electron chi connectivity index (χ4n) is 8.25. The summed E-state index contributed by atoms with van der Waals surface area (Å²) in [5.74, 6) is -0.996. The number of pyridine rings is 2. The summed E-state index contributed by atoms with van der Waals surface area (Å²) in [6.07, 6.45) is 6.21. The number of nitrogens with two attached hydrogens (primary N) is 2. The van der Waals surface area contributed by atoms with E-state index in [4.69, 9.17) is 44.1 Å². The van der Waals surface area contributed by atoms with E-state index in [0.717, 1.165) is 55.3 Å².